The second kappa shape index (κ2) is 10.1. The van der Waals surface area contributed by atoms with Crippen LogP contribution in [0.5, 0.6) is 0 Å². The molecule has 0 aromatic heterocycles. The molecule has 160 valence electrons. The van der Waals surface area contributed by atoms with Gasteiger partial charge in [-0.25, -0.2) is 8.42 Å². The average Bonchev–Trinajstić information content (AvgIpc) is 2.74. The molecule has 0 saturated carbocycles. The Balaban J connectivity index is 1.61. The van der Waals surface area contributed by atoms with Gasteiger partial charge in [0, 0.05) is 25.9 Å². The van der Waals surface area contributed by atoms with Crippen molar-refractivity contribution in [2.45, 2.75) is 4.90 Å². The van der Waals surface area contributed by atoms with Crippen LogP contribution in [0.1, 0.15) is 10.4 Å². The van der Waals surface area contributed by atoms with Crippen LogP contribution in [0.25, 0.3) is 0 Å². The van der Waals surface area contributed by atoms with Gasteiger partial charge in [0.2, 0.25) is 5.91 Å². The van der Waals surface area contributed by atoms with E-state index in [1.807, 2.05) is 0 Å². The lowest BCUT2D eigenvalue weighted by molar-refractivity contribution is -0.115. The summed E-state index contributed by atoms with van der Waals surface area (Å²) in [5, 5.41) is 5.10. The maximum Gasteiger partial charge on any atom is 0.261 e. The fraction of sp³-hybridized carbons (Fsp3) is 0.0476. The molecule has 3 aromatic rings. The van der Waals surface area contributed by atoms with Gasteiger partial charge in [-0.1, -0.05) is 37.9 Å². The SMILES string of the molecule is O=C(CNC(=O)c1ccc(Br)cc1)Nc1cccc(S(=O)(=O)Nc2ccc(Br)cc2)c1. The van der Waals surface area contributed by atoms with Crippen molar-refractivity contribution in [3.05, 3.63) is 87.3 Å². The van der Waals surface area contributed by atoms with Gasteiger partial charge >= 0.3 is 0 Å². The van der Waals surface area contributed by atoms with E-state index < -0.39 is 21.8 Å². The highest BCUT2D eigenvalue weighted by molar-refractivity contribution is 9.10. The lowest BCUT2D eigenvalue weighted by Gasteiger charge is -2.11. The predicted octanol–water partition coefficient (Wildman–Crippen LogP) is 4.38. The van der Waals surface area contributed by atoms with Gasteiger partial charge in [-0.3, -0.25) is 14.3 Å². The Labute approximate surface area is 196 Å². The van der Waals surface area contributed by atoms with Gasteiger partial charge in [-0.15, -0.1) is 0 Å². The number of nitrogens with one attached hydrogen (secondary N) is 3. The number of carbonyl (C=O) groups excluding carboxylic acids is 2. The molecule has 0 radical (unpaired) electrons. The minimum atomic E-state index is -3.84. The number of halogens is 2. The number of hydrogen-bond donors (Lipinski definition) is 3. The number of amides is 2. The smallest absolute Gasteiger partial charge is 0.261 e. The summed E-state index contributed by atoms with van der Waals surface area (Å²) < 4.78 is 29.4. The molecule has 31 heavy (non-hydrogen) atoms. The lowest BCUT2D eigenvalue weighted by Crippen LogP contribution is -2.32. The minimum absolute atomic E-state index is 0.00730. The Hall–Kier alpha value is -2.69. The molecular formula is C21H17Br2N3O4S. The average molecular weight is 567 g/mol. The van der Waals surface area contributed by atoms with Gasteiger partial charge in [-0.2, -0.15) is 0 Å². The van der Waals surface area contributed by atoms with Gasteiger partial charge in [0.25, 0.3) is 15.9 Å². The first kappa shape index (κ1) is 23.0. The van der Waals surface area contributed by atoms with Gasteiger partial charge in [0.05, 0.1) is 11.4 Å². The van der Waals surface area contributed by atoms with Gasteiger partial charge < -0.3 is 10.6 Å². The molecule has 0 bridgehead atoms. The molecule has 0 unspecified atom stereocenters. The predicted molar refractivity (Wildman–Crippen MR) is 126 cm³/mol. The van der Waals surface area contributed by atoms with E-state index in [1.165, 1.54) is 18.2 Å². The quantitative estimate of drug-likeness (QED) is 0.395. The number of benzene rings is 3. The summed E-state index contributed by atoms with van der Waals surface area (Å²) in [4.78, 5) is 24.3. The third kappa shape index (κ3) is 6.65. The van der Waals surface area contributed by atoms with Gasteiger partial charge in [0.15, 0.2) is 0 Å². The molecule has 0 fully saturated rings. The fourth-order valence-corrected chi connectivity index (χ4v) is 4.17. The van der Waals surface area contributed by atoms with Crippen molar-refractivity contribution in [1.29, 1.82) is 0 Å². The molecule has 7 nitrogen and oxygen atoms in total. The molecule has 2 amide bonds. The lowest BCUT2D eigenvalue weighted by atomic mass is 10.2. The fourth-order valence-electron chi connectivity index (χ4n) is 2.54. The first-order valence-electron chi connectivity index (χ1n) is 8.95. The van der Waals surface area contributed by atoms with Gasteiger partial charge in [-0.05, 0) is 66.7 Å². The van der Waals surface area contributed by atoms with Crippen molar-refractivity contribution in [3.8, 4) is 0 Å². The molecule has 3 aromatic carbocycles. The number of hydrogen-bond acceptors (Lipinski definition) is 4. The van der Waals surface area contributed by atoms with E-state index in [9.17, 15) is 18.0 Å². The molecule has 0 aliphatic carbocycles. The third-order valence-electron chi connectivity index (χ3n) is 4.04. The van der Waals surface area contributed by atoms with Crippen LogP contribution in [-0.4, -0.2) is 26.8 Å². The van der Waals surface area contributed by atoms with E-state index in [4.69, 9.17) is 0 Å². The Kier molecular flexibility index (Phi) is 7.47. The summed E-state index contributed by atoms with van der Waals surface area (Å²) in [5.74, 6) is -0.876. The van der Waals surface area contributed by atoms with Crippen LogP contribution in [0, 0.1) is 0 Å². The van der Waals surface area contributed by atoms with Crippen molar-refractivity contribution in [2.75, 3.05) is 16.6 Å². The molecule has 0 aliphatic rings. The number of rotatable bonds is 7. The van der Waals surface area contributed by atoms with Crippen LogP contribution in [0.15, 0.2) is 86.6 Å². The van der Waals surface area contributed by atoms with E-state index >= 15 is 0 Å². The summed E-state index contributed by atoms with van der Waals surface area (Å²) in [6.07, 6.45) is 0. The van der Waals surface area contributed by atoms with E-state index in [0.29, 0.717) is 16.9 Å². The largest absolute Gasteiger partial charge is 0.343 e. The maximum atomic E-state index is 12.6. The first-order chi connectivity index (χ1) is 14.7. The highest BCUT2D eigenvalue weighted by Gasteiger charge is 2.15. The van der Waals surface area contributed by atoms with Crippen LogP contribution in [-0.2, 0) is 14.8 Å². The molecule has 3 rings (SSSR count). The number of sulfonamides is 1. The highest BCUT2D eigenvalue weighted by atomic mass is 79.9. The van der Waals surface area contributed by atoms with E-state index in [-0.39, 0.29) is 11.4 Å². The number of carbonyl (C=O) groups is 2. The van der Waals surface area contributed by atoms with Crippen LogP contribution in [0.3, 0.4) is 0 Å². The molecule has 0 aliphatic heterocycles. The summed E-state index contributed by atoms with van der Waals surface area (Å²) in [7, 11) is -3.84. The molecule has 10 heteroatoms. The molecule has 3 N–H and O–H groups in total. The standard InChI is InChI=1S/C21H17Br2N3O4S/c22-15-6-4-14(5-7-15)21(28)24-13-20(27)25-18-2-1-3-19(12-18)31(29,30)26-17-10-8-16(23)9-11-17/h1-12,26H,13H2,(H,24,28)(H,25,27). The Morgan fingerprint density at radius 2 is 1.42 bits per heavy atom. The summed E-state index contributed by atoms with van der Waals surface area (Å²) in [6.45, 7) is -0.261. The van der Waals surface area contributed by atoms with Crippen molar-refractivity contribution < 1.29 is 18.0 Å². The maximum absolute atomic E-state index is 12.6. The third-order valence-corrected chi connectivity index (χ3v) is 6.48. The Morgan fingerprint density at radius 3 is 2.06 bits per heavy atom. The molecule has 0 heterocycles. The highest BCUT2D eigenvalue weighted by Crippen LogP contribution is 2.21. The zero-order valence-corrected chi connectivity index (χ0v) is 19.9. The topological polar surface area (TPSA) is 104 Å². The van der Waals surface area contributed by atoms with E-state index in [1.54, 1.807) is 54.6 Å². The molecule has 0 spiro atoms. The molecule has 0 saturated heterocycles. The van der Waals surface area contributed by atoms with Crippen molar-refractivity contribution in [3.63, 3.8) is 0 Å². The van der Waals surface area contributed by atoms with Crippen molar-refractivity contribution in [2.24, 2.45) is 0 Å². The Bertz CT molecular complexity index is 1200. The number of anilines is 2. The van der Waals surface area contributed by atoms with Crippen LogP contribution < -0.4 is 15.4 Å². The summed E-state index contributed by atoms with van der Waals surface area (Å²) in [5.41, 5.74) is 1.12. The first-order valence-corrected chi connectivity index (χ1v) is 12.0. The molecule has 0 atom stereocenters. The minimum Gasteiger partial charge on any atom is -0.343 e. The second-order valence-electron chi connectivity index (χ2n) is 6.38. The van der Waals surface area contributed by atoms with E-state index in [0.717, 1.165) is 8.95 Å². The van der Waals surface area contributed by atoms with Crippen LogP contribution in [0.2, 0.25) is 0 Å². The van der Waals surface area contributed by atoms with Crippen molar-refractivity contribution >= 4 is 65.1 Å². The zero-order chi connectivity index (χ0) is 22.4. The van der Waals surface area contributed by atoms with E-state index in [2.05, 4.69) is 47.2 Å². The van der Waals surface area contributed by atoms with Crippen LogP contribution >= 0.6 is 31.9 Å². The monoisotopic (exact) mass is 565 g/mol. The summed E-state index contributed by atoms with van der Waals surface area (Å²) >= 11 is 6.58. The normalized spacial score (nSPS) is 10.9. The summed E-state index contributed by atoms with van der Waals surface area (Å²) in [6, 6.07) is 19.2. The zero-order valence-electron chi connectivity index (χ0n) is 15.9. The van der Waals surface area contributed by atoms with Crippen LogP contribution in [0.4, 0.5) is 11.4 Å². The van der Waals surface area contributed by atoms with Crippen molar-refractivity contribution in [1.82, 2.24) is 5.32 Å². The Morgan fingerprint density at radius 1 is 0.806 bits per heavy atom. The molecular weight excluding hydrogens is 550 g/mol. The van der Waals surface area contributed by atoms with Gasteiger partial charge in [0.1, 0.15) is 0 Å². The second-order valence-corrected chi connectivity index (χ2v) is 9.89.